The van der Waals surface area contributed by atoms with Gasteiger partial charge in [0.2, 0.25) is 5.91 Å². The summed E-state index contributed by atoms with van der Waals surface area (Å²) in [6.45, 7) is 5.46. The second-order valence-corrected chi connectivity index (χ2v) is 6.43. The minimum absolute atomic E-state index is 0.0454. The summed E-state index contributed by atoms with van der Waals surface area (Å²) in [5, 5.41) is 7.28. The van der Waals surface area contributed by atoms with Gasteiger partial charge in [0.05, 0.1) is 18.3 Å². The van der Waals surface area contributed by atoms with Crippen molar-refractivity contribution in [3.8, 4) is 0 Å². The van der Waals surface area contributed by atoms with Crippen LogP contribution in [0.2, 0.25) is 0 Å². The Kier molecular flexibility index (Phi) is 4.48. The van der Waals surface area contributed by atoms with Gasteiger partial charge < -0.3 is 5.32 Å². The topological polar surface area (TPSA) is 50.2 Å². The lowest BCUT2D eigenvalue weighted by molar-refractivity contribution is -0.117. The molecule has 1 aliphatic rings. The van der Waals surface area contributed by atoms with Gasteiger partial charge in [0.1, 0.15) is 0 Å². The molecule has 1 aliphatic heterocycles. The molecule has 1 fully saturated rings. The number of aromatic nitrogens is 2. The molecule has 1 amide bonds. The van der Waals surface area contributed by atoms with E-state index in [1.807, 2.05) is 50.0 Å². The fourth-order valence-electron chi connectivity index (χ4n) is 3.49. The summed E-state index contributed by atoms with van der Waals surface area (Å²) in [6.07, 6.45) is 4.02. The second-order valence-electron chi connectivity index (χ2n) is 6.43. The Morgan fingerprint density at radius 3 is 2.70 bits per heavy atom. The molecule has 3 rings (SSSR count). The van der Waals surface area contributed by atoms with E-state index in [0.717, 1.165) is 36.2 Å². The highest BCUT2D eigenvalue weighted by Gasteiger charge is 2.29. The van der Waals surface area contributed by atoms with Gasteiger partial charge in [0.15, 0.2) is 0 Å². The van der Waals surface area contributed by atoms with Crippen LogP contribution in [-0.4, -0.2) is 33.7 Å². The van der Waals surface area contributed by atoms with Gasteiger partial charge in [-0.2, -0.15) is 5.10 Å². The third-order valence-electron chi connectivity index (χ3n) is 4.42. The number of anilines is 1. The maximum atomic E-state index is 12.4. The van der Waals surface area contributed by atoms with E-state index in [-0.39, 0.29) is 11.9 Å². The Morgan fingerprint density at radius 1 is 1.30 bits per heavy atom. The number of hydrogen-bond acceptors (Lipinski definition) is 3. The number of aryl methyl sites for hydroxylation is 3. The molecule has 5 heteroatoms. The molecular formula is C18H24N4O. The Hall–Kier alpha value is -2.14. The maximum absolute atomic E-state index is 12.4. The van der Waals surface area contributed by atoms with Crippen molar-refractivity contribution < 1.29 is 4.79 Å². The third-order valence-corrected chi connectivity index (χ3v) is 4.42. The van der Waals surface area contributed by atoms with E-state index in [1.54, 1.807) is 0 Å². The van der Waals surface area contributed by atoms with Crippen molar-refractivity contribution in [3.63, 3.8) is 0 Å². The molecule has 1 atom stereocenters. The fourth-order valence-corrected chi connectivity index (χ4v) is 3.49. The lowest BCUT2D eigenvalue weighted by Crippen LogP contribution is -2.33. The SMILES string of the molecule is Cc1cc(C)cc(NC(=O)CN2CCCC2c2ccnn2C)c1. The standard InChI is InChI=1S/C18H24N4O/c1-13-9-14(2)11-15(10-13)20-18(23)12-22-8-4-5-17(22)16-6-7-19-21(16)3/h6-7,9-11,17H,4-5,8,12H2,1-3H3,(H,20,23). The van der Waals surface area contributed by atoms with Crippen LogP contribution in [0.1, 0.15) is 35.7 Å². The monoisotopic (exact) mass is 312 g/mol. The van der Waals surface area contributed by atoms with Crippen molar-refractivity contribution in [2.75, 3.05) is 18.4 Å². The molecule has 23 heavy (non-hydrogen) atoms. The molecule has 1 aromatic carbocycles. The molecule has 1 unspecified atom stereocenters. The summed E-state index contributed by atoms with van der Waals surface area (Å²) in [4.78, 5) is 14.7. The number of rotatable bonds is 4. The lowest BCUT2D eigenvalue weighted by atomic mass is 10.1. The number of amides is 1. The predicted octanol–water partition coefficient (Wildman–Crippen LogP) is 2.81. The molecule has 1 saturated heterocycles. The summed E-state index contributed by atoms with van der Waals surface area (Å²) >= 11 is 0. The summed E-state index contributed by atoms with van der Waals surface area (Å²) in [6, 6.07) is 8.45. The third kappa shape index (κ3) is 3.62. The molecule has 1 N–H and O–H groups in total. The number of benzene rings is 1. The minimum atomic E-state index is 0.0454. The molecule has 2 aromatic rings. The van der Waals surface area contributed by atoms with Crippen molar-refractivity contribution in [1.82, 2.24) is 14.7 Å². The minimum Gasteiger partial charge on any atom is -0.325 e. The van der Waals surface area contributed by atoms with Crippen molar-refractivity contribution in [2.45, 2.75) is 32.7 Å². The fraction of sp³-hybridized carbons (Fsp3) is 0.444. The maximum Gasteiger partial charge on any atom is 0.238 e. The smallest absolute Gasteiger partial charge is 0.238 e. The number of likely N-dealkylation sites (tertiary alicyclic amines) is 1. The van der Waals surface area contributed by atoms with Crippen LogP contribution in [0.5, 0.6) is 0 Å². The van der Waals surface area contributed by atoms with E-state index in [4.69, 9.17) is 0 Å². The quantitative estimate of drug-likeness (QED) is 0.944. The molecule has 0 saturated carbocycles. The average molecular weight is 312 g/mol. The highest BCUT2D eigenvalue weighted by Crippen LogP contribution is 2.31. The summed E-state index contributed by atoms with van der Waals surface area (Å²) < 4.78 is 1.91. The zero-order valence-electron chi connectivity index (χ0n) is 14.0. The largest absolute Gasteiger partial charge is 0.325 e. The van der Waals surface area contributed by atoms with E-state index in [0.29, 0.717) is 6.54 Å². The molecule has 5 nitrogen and oxygen atoms in total. The summed E-state index contributed by atoms with van der Waals surface area (Å²) in [7, 11) is 1.96. The van der Waals surface area contributed by atoms with Crippen LogP contribution in [0.3, 0.4) is 0 Å². The highest BCUT2D eigenvalue weighted by molar-refractivity contribution is 5.92. The van der Waals surface area contributed by atoms with Crippen LogP contribution in [-0.2, 0) is 11.8 Å². The molecule has 0 aliphatic carbocycles. The molecule has 0 radical (unpaired) electrons. The number of hydrogen-bond donors (Lipinski definition) is 1. The zero-order valence-corrected chi connectivity index (χ0v) is 14.0. The van der Waals surface area contributed by atoms with E-state index >= 15 is 0 Å². The molecule has 1 aromatic heterocycles. The summed E-state index contributed by atoms with van der Waals surface area (Å²) in [5.41, 5.74) is 4.38. The van der Waals surface area contributed by atoms with E-state index in [2.05, 4.69) is 21.4 Å². The van der Waals surface area contributed by atoms with E-state index in [1.165, 1.54) is 5.69 Å². The molecule has 2 heterocycles. The molecular weight excluding hydrogens is 288 g/mol. The van der Waals surface area contributed by atoms with Crippen molar-refractivity contribution in [3.05, 3.63) is 47.3 Å². The van der Waals surface area contributed by atoms with Gasteiger partial charge in [0, 0.05) is 18.9 Å². The van der Waals surface area contributed by atoms with Gasteiger partial charge in [-0.05, 0) is 62.6 Å². The Morgan fingerprint density at radius 2 is 2.04 bits per heavy atom. The second kappa shape index (κ2) is 6.54. The number of carbonyl (C=O) groups is 1. The number of nitrogens with one attached hydrogen (secondary N) is 1. The van der Waals surface area contributed by atoms with E-state index in [9.17, 15) is 4.79 Å². The van der Waals surface area contributed by atoms with Crippen molar-refractivity contribution >= 4 is 11.6 Å². The van der Waals surface area contributed by atoms with Gasteiger partial charge in [0.25, 0.3) is 0 Å². The van der Waals surface area contributed by atoms with Crippen LogP contribution in [0.4, 0.5) is 5.69 Å². The van der Waals surface area contributed by atoms with Gasteiger partial charge in [-0.25, -0.2) is 0 Å². The van der Waals surface area contributed by atoms with Gasteiger partial charge in [-0.1, -0.05) is 6.07 Å². The van der Waals surface area contributed by atoms with Crippen molar-refractivity contribution in [2.24, 2.45) is 7.05 Å². The van der Waals surface area contributed by atoms with Crippen LogP contribution >= 0.6 is 0 Å². The Bertz CT molecular complexity index is 687. The van der Waals surface area contributed by atoms with Gasteiger partial charge in [-0.15, -0.1) is 0 Å². The first-order valence-electron chi connectivity index (χ1n) is 8.13. The van der Waals surface area contributed by atoms with Crippen LogP contribution < -0.4 is 5.32 Å². The Balaban J connectivity index is 1.66. The van der Waals surface area contributed by atoms with E-state index < -0.39 is 0 Å². The summed E-state index contributed by atoms with van der Waals surface area (Å²) in [5.74, 6) is 0.0454. The first-order valence-corrected chi connectivity index (χ1v) is 8.13. The Labute approximate surface area is 137 Å². The molecule has 0 bridgehead atoms. The first kappa shape index (κ1) is 15.7. The number of carbonyl (C=O) groups excluding carboxylic acids is 1. The number of nitrogens with zero attached hydrogens (tertiary/aromatic N) is 3. The normalized spacial score (nSPS) is 18.3. The van der Waals surface area contributed by atoms with Crippen LogP contribution in [0.15, 0.2) is 30.5 Å². The average Bonchev–Trinajstić information content (AvgIpc) is 3.06. The zero-order chi connectivity index (χ0) is 16.4. The van der Waals surface area contributed by atoms with Gasteiger partial charge >= 0.3 is 0 Å². The van der Waals surface area contributed by atoms with Crippen molar-refractivity contribution in [1.29, 1.82) is 0 Å². The first-order chi connectivity index (χ1) is 11.0. The lowest BCUT2D eigenvalue weighted by Gasteiger charge is -2.24. The van der Waals surface area contributed by atoms with Crippen LogP contribution in [0.25, 0.3) is 0 Å². The van der Waals surface area contributed by atoms with Crippen LogP contribution in [0, 0.1) is 13.8 Å². The molecule has 122 valence electrons. The van der Waals surface area contributed by atoms with Gasteiger partial charge in [-0.3, -0.25) is 14.4 Å². The molecule has 0 spiro atoms. The highest BCUT2D eigenvalue weighted by atomic mass is 16.2. The predicted molar refractivity (Wildman–Crippen MR) is 91.3 cm³/mol.